The molecule has 0 saturated heterocycles. The Labute approximate surface area is 117 Å². The molecule has 0 aliphatic carbocycles. The molecule has 0 fully saturated rings. The fourth-order valence-electron chi connectivity index (χ4n) is 2.26. The molecular formula is C15H16N4O. The van der Waals surface area contributed by atoms with Crippen molar-refractivity contribution in [3.8, 4) is 5.88 Å². The van der Waals surface area contributed by atoms with E-state index in [0.29, 0.717) is 5.88 Å². The van der Waals surface area contributed by atoms with Crippen molar-refractivity contribution in [2.24, 2.45) is 0 Å². The quantitative estimate of drug-likeness (QED) is 0.732. The van der Waals surface area contributed by atoms with Gasteiger partial charge in [-0.05, 0) is 37.1 Å². The van der Waals surface area contributed by atoms with Crippen LogP contribution < -0.4 is 4.74 Å². The maximum Gasteiger partial charge on any atom is 0.235 e. The molecule has 2 heterocycles. The molecule has 3 rings (SSSR count). The molecule has 0 N–H and O–H groups in total. The van der Waals surface area contributed by atoms with Gasteiger partial charge in [-0.15, -0.1) is 0 Å². The summed E-state index contributed by atoms with van der Waals surface area (Å²) in [6.45, 7) is 4.77. The van der Waals surface area contributed by atoms with E-state index in [9.17, 15) is 0 Å². The zero-order chi connectivity index (χ0) is 14.1. The van der Waals surface area contributed by atoms with E-state index < -0.39 is 0 Å². The number of ether oxygens (including phenoxy) is 1. The molecule has 0 unspecified atom stereocenters. The molecular weight excluding hydrogens is 252 g/mol. The Balaban J connectivity index is 2.08. The third-order valence-electron chi connectivity index (χ3n) is 3.36. The number of aromatic nitrogens is 4. The Kier molecular flexibility index (Phi) is 3.10. The van der Waals surface area contributed by atoms with Crippen LogP contribution in [0.3, 0.4) is 0 Å². The topological polar surface area (TPSA) is 52.8 Å². The average Bonchev–Trinajstić information content (AvgIpc) is 2.92. The summed E-state index contributed by atoms with van der Waals surface area (Å²) >= 11 is 0. The van der Waals surface area contributed by atoms with E-state index in [-0.39, 0.29) is 0 Å². The van der Waals surface area contributed by atoms with Crippen molar-refractivity contribution in [3.63, 3.8) is 0 Å². The lowest BCUT2D eigenvalue weighted by molar-refractivity contribution is 0.394. The first-order valence-electron chi connectivity index (χ1n) is 6.45. The van der Waals surface area contributed by atoms with Crippen molar-refractivity contribution in [1.29, 1.82) is 0 Å². The van der Waals surface area contributed by atoms with Gasteiger partial charge >= 0.3 is 0 Å². The zero-order valence-corrected chi connectivity index (χ0v) is 11.8. The monoisotopic (exact) mass is 268 g/mol. The van der Waals surface area contributed by atoms with Crippen molar-refractivity contribution in [1.82, 2.24) is 19.5 Å². The predicted molar refractivity (Wildman–Crippen MR) is 76.9 cm³/mol. The van der Waals surface area contributed by atoms with E-state index >= 15 is 0 Å². The first-order chi connectivity index (χ1) is 9.67. The highest BCUT2D eigenvalue weighted by Crippen LogP contribution is 2.22. The molecule has 0 aliphatic heterocycles. The number of rotatable bonds is 3. The fraction of sp³-hybridized carbons (Fsp3) is 0.267. The Morgan fingerprint density at radius 1 is 1.15 bits per heavy atom. The van der Waals surface area contributed by atoms with Crippen molar-refractivity contribution >= 4 is 11.0 Å². The number of benzene rings is 1. The van der Waals surface area contributed by atoms with Gasteiger partial charge in [0.2, 0.25) is 5.88 Å². The maximum absolute atomic E-state index is 5.22. The number of fused-ring (bicyclic) bond motifs is 1. The molecule has 1 aromatic carbocycles. The minimum absolute atomic E-state index is 0.583. The van der Waals surface area contributed by atoms with Crippen LogP contribution in [-0.2, 0) is 6.54 Å². The van der Waals surface area contributed by atoms with Crippen LogP contribution in [0.15, 0.2) is 30.9 Å². The van der Waals surface area contributed by atoms with E-state index in [4.69, 9.17) is 4.74 Å². The number of nitrogens with zero attached hydrogens (tertiary/aromatic N) is 4. The van der Waals surface area contributed by atoms with Crippen LogP contribution in [0, 0.1) is 13.8 Å². The largest absolute Gasteiger partial charge is 0.480 e. The normalized spacial score (nSPS) is 10.9. The Bertz CT molecular complexity index is 750. The fourth-order valence-corrected chi connectivity index (χ4v) is 2.26. The number of hydrogen-bond acceptors (Lipinski definition) is 4. The molecule has 20 heavy (non-hydrogen) atoms. The molecule has 2 aromatic heterocycles. The molecule has 0 atom stereocenters. The second-order valence-corrected chi connectivity index (χ2v) is 4.82. The van der Waals surface area contributed by atoms with Crippen molar-refractivity contribution in [2.75, 3.05) is 7.11 Å². The second kappa shape index (κ2) is 4.92. The van der Waals surface area contributed by atoms with Gasteiger partial charge in [0.25, 0.3) is 0 Å². The predicted octanol–water partition coefficient (Wildman–Crippen LogP) is 2.50. The summed E-state index contributed by atoms with van der Waals surface area (Å²) < 4.78 is 7.26. The van der Waals surface area contributed by atoms with E-state index in [1.807, 2.05) is 24.0 Å². The van der Waals surface area contributed by atoms with Gasteiger partial charge in [0.15, 0.2) is 0 Å². The van der Waals surface area contributed by atoms with Crippen molar-refractivity contribution < 1.29 is 4.74 Å². The van der Waals surface area contributed by atoms with Crippen LogP contribution in [-0.4, -0.2) is 26.6 Å². The number of methoxy groups -OCH3 is 1. The lowest BCUT2D eigenvalue weighted by atomic mass is 10.1. The average molecular weight is 268 g/mol. The first kappa shape index (κ1) is 12.6. The van der Waals surface area contributed by atoms with Gasteiger partial charge in [-0.1, -0.05) is 0 Å². The lowest BCUT2D eigenvalue weighted by Gasteiger charge is -2.10. The van der Waals surface area contributed by atoms with Gasteiger partial charge in [-0.25, -0.2) is 15.0 Å². The third-order valence-corrected chi connectivity index (χ3v) is 3.36. The van der Waals surface area contributed by atoms with E-state index in [2.05, 4.69) is 34.0 Å². The first-order valence-corrected chi connectivity index (χ1v) is 6.45. The summed E-state index contributed by atoms with van der Waals surface area (Å²) in [4.78, 5) is 13.1. The minimum atomic E-state index is 0.583. The van der Waals surface area contributed by atoms with E-state index in [1.165, 1.54) is 11.1 Å². The third kappa shape index (κ3) is 2.22. The van der Waals surface area contributed by atoms with Crippen LogP contribution in [0.2, 0.25) is 0 Å². The highest BCUT2D eigenvalue weighted by molar-refractivity contribution is 5.77. The molecule has 3 aromatic rings. The standard InChI is InChI=1S/C15H16N4O/c1-10-6-13-14(17-11(2)15(18-13)20-3)7-12(10)8-19-5-4-16-9-19/h4-7,9H,8H2,1-3H3. The molecule has 0 saturated carbocycles. The number of imidazole rings is 1. The second-order valence-electron chi connectivity index (χ2n) is 4.82. The molecule has 102 valence electrons. The summed E-state index contributed by atoms with van der Waals surface area (Å²) in [5, 5.41) is 0. The minimum Gasteiger partial charge on any atom is -0.480 e. The summed E-state index contributed by atoms with van der Waals surface area (Å²) in [5.41, 5.74) is 4.96. The van der Waals surface area contributed by atoms with Crippen molar-refractivity contribution in [3.05, 3.63) is 47.7 Å². The maximum atomic E-state index is 5.22. The molecule has 0 spiro atoms. The molecule has 5 nitrogen and oxygen atoms in total. The molecule has 0 radical (unpaired) electrons. The number of aryl methyl sites for hydroxylation is 2. The van der Waals surface area contributed by atoms with Gasteiger partial charge in [-0.2, -0.15) is 0 Å². The van der Waals surface area contributed by atoms with Crippen LogP contribution in [0.4, 0.5) is 0 Å². The molecule has 0 aliphatic rings. The van der Waals surface area contributed by atoms with Gasteiger partial charge < -0.3 is 9.30 Å². The Morgan fingerprint density at radius 2 is 1.95 bits per heavy atom. The molecule has 0 amide bonds. The van der Waals surface area contributed by atoms with Gasteiger partial charge in [0, 0.05) is 18.9 Å². The highest BCUT2D eigenvalue weighted by Gasteiger charge is 2.08. The van der Waals surface area contributed by atoms with Gasteiger partial charge in [0.1, 0.15) is 5.69 Å². The summed E-state index contributed by atoms with van der Waals surface area (Å²) in [5.74, 6) is 0.583. The summed E-state index contributed by atoms with van der Waals surface area (Å²) in [6, 6.07) is 4.14. The summed E-state index contributed by atoms with van der Waals surface area (Å²) in [7, 11) is 1.61. The van der Waals surface area contributed by atoms with Crippen LogP contribution in [0.25, 0.3) is 11.0 Å². The Hall–Kier alpha value is -2.43. The smallest absolute Gasteiger partial charge is 0.235 e. The van der Waals surface area contributed by atoms with Crippen LogP contribution in [0.5, 0.6) is 5.88 Å². The number of hydrogen-bond donors (Lipinski definition) is 0. The van der Waals surface area contributed by atoms with Crippen LogP contribution in [0.1, 0.15) is 16.8 Å². The highest BCUT2D eigenvalue weighted by atomic mass is 16.5. The van der Waals surface area contributed by atoms with Gasteiger partial charge in [-0.3, -0.25) is 0 Å². The van der Waals surface area contributed by atoms with Crippen LogP contribution >= 0.6 is 0 Å². The summed E-state index contributed by atoms with van der Waals surface area (Å²) in [6.07, 6.45) is 5.55. The molecule has 0 bridgehead atoms. The van der Waals surface area contributed by atoms with Crippen molar-refractivity contribution in [2.45, 2.75) is 20.4 Å². The van der Waals surface area contributed by atoms with E-state index in [1.54, 1.807) is 13.3 Å². The van der Waals surface area contributed by atoms with Gasteiger partial charge in [0.05, 0.1) is 24.5 Å². The SMILES string of the molecule is COc1nc2cc(C)c(Cn3ccnc3)cc2nc1C. The van der Waals surface area contributed by atoms with E-state index in [0.717, 1.165) is 23.3 Å². The molecule has 5 heteroatoms. The lowest BCUT2D eigenvalue weighted by Crippen LogP contribution is -2.01. The Morgan fingerprint density at radius 3 is 2.65 bits per heavy atom. The zero-order valence-electron chi connectivity index (χ0n) is 11.8.